The van der Waals surface area contributed by atoms with E-state index in [0.29, 0.717) is 15.8 Å². The van der Waals surface area contributed by atoms with Gasteiger partial charge < -0.3 is 10.6 Å². The Morgan fingerprint density at radius 2 is 1.89 bits per heavy atom. The average molecular weight is 439 g/mol. The van der Waals surface area contributed by atoms with Crippen LogP contribution in [0.5, 0.6) is 0 Å². The number of carbonyl (C=O) groups is 2. The summed E-state index contributed by atoms with van der Waals surface area (Å²) in [7, 11) is 0. The van der Waals surface area contributed by atoms with Gasteiger partial charge in [0.05, 0.1) is 20.8 Å². The Hall–Kier alpha value is -2.26. The van der Waals surface area contributed by atoms with Crippen molar-refractivity contribution >= 4 is 84.7 Å². The number of nitrogens with zero attached hydrogens (tertiary/aromatic N) is 1. The molecule has 27 heavy (non-hydrogen) atoms. The highest BCUT2D eigenvalue weighted by atomic mass is 35.5. The molecule has 0 saturated heterocycles. The molecule has 0 atom stereocenters. The molecular formula is C17H12Cl2N4O2S2. The Kier molecular flexibility index (Phi) is 5.91. The van der Waals surface area contributed by atoms with Crippen LogP contribution in [0.3, 0.4) is 0 Å². The monoisotopic (exact) mass is 438 g/mol. The topological polar surface area (TPSA) is 83.1 Å². The lowest BCUT2D eigenvalue weighted by Gasteiger charge is -2.08. The van der Waals surface area contributed by atoms with Gasteiger partial charge in [-0.05, 0) is 48.6 Å². The summed E-state index contributed by atoms with van der Waals surface area (Å²) in [6.07, 6.45) is 0. The van der Waals surface area contributed by atoms with Crippen LogP contribution in [-0.4, -0.2) is 21.9 Å². The van der Waals surface area contributed by atoms with Crippen molar-refractivity contribution < 1.29 is 9.59 Å². The third-order valence-electron chi connectivity index (χ3n) is 3.33. The Bertz CT molecular complexity index is 1070. The molecule has 3 rings (SSSR count). The zero-order valence-corrected chi connectivity index (χ0v) is 16.9. The van der Waals surface area contributed by atoms with Gasteiger partial charge in [-0.25, -0.2) is 4.98 Å². The van der Waals surface area contributed by atoms with Crippen LogP contribution >= 0.6 is 46.8 Å². The normalized spacial score (nSPS) is 10.5. The second kappa shape index (κ2) is 8.18. The van der Waals surface area contributed by atoms with Crippen molar-refractivity contribution in [1.29, 1.82) is 0 Å². The van der Waals surface area contributed by atoms with Gasteiger partial charge in [-0.1, -0.05) is 34.5 Å². The predicted molar refractivity (Wildman–Crippen MR) is 114 cm³/mol. The van der Waals surface area contributed by atoms with E-state index in [1.807, 2.05) is 6.07 Å². The fourth-order valence-corrected chi connectivity index (χ4v) is 3.89. The molecule has 10 heteroatoms. The molecule has 2 amide bonds. The first-order valence-corrected chi connectivity index (χ1v) is 9.55. The standard InChI is InChI=1S/C17H12Cl2N4O2S2/c1-8(24)20-10-3-5-13-14(7-10)27-17(21-13)23-16(26)22-15(25)11-4-2-9(18)6-12(11)19/h2-7H,1H3,(H,20,24)(H2,21,22,23,25,26). The minimum absolute atomic E-state index is 0.0900. The molecule has 0 aliphatic rings. The molecule has 0 bridgehead atoms. The van der Waals surface area contributed by atoms with Crippen LogP contribution in [0.15, 0.2) is 36.4 Å². The molecule has 2 aromatic carbocycles. The van der Waals surface area contributed by atoms with Crippen molar-refractivity contribution in [3.63, 3.8) is 0 Å². The largest absolute Gasteiger partial charge is 0.326 e. The Balaban J connectivity index is 1.70. The summed E-state index contributed by atoms with van der Waals surface area (Å²) in [5.41, 5.74) is 1.68. The number of thiazole rings is 1. The van der Waals surface area contributed by atoms with E-state index in [-0.39, 0.29) is 21.6 Å². The van der Waals surface area contributed by atoms with Gasteiger partial charge in [0.2, 0.25) is 5.91 Å². The van der Waals surface area contributed by atoms with Crippen LogP contribution in [0.4, 0.5) is 10.8 Å². The second-order valence-electron chi connectivity index (χ2n) is 5.42. The molecule has 138 valence electrons. The van der Waals surface area contributed by atoms with Gasteiger partial charge in [0.25, 0.3) is 5.91 Å². The predicted octanol–water partition coefficient (Wildman–Crippen LogP) is 4.69. The number of benzene rings is 2. The van der Waals surface area contributed by atoms with Crippen LogP contribution in [0.25, 0.3) is 10.2 Å². The van der Waals surface area contributed by atoms with Gasteiger partial charge in [-0.3, -0.25) is 14.9 Å². The van der Waals surface area contributed by atoms with E-state index in [9.17, 15) is 9.59 Å². The minimum Gasteiger partial charge on any atom is -0.326 e. The molecule has 0 fully saturated rings. The number of nitrogens with one attached hydrogen (secondary N) is 3. The van der Waals surface area contributed by atoms with Crippen LogP contribution in [0, 0.1) is 0 Å². The van der Waals surface area contributed by atoms with E-state index in [2.05, 4.69) is 20.9 Å². The van der Waals surface area contributed by atoms with E-state index in [1.165, 1.54) is 30.4 Å². The van der Waals surface area contributed by atoms with Gasteiger partial charge in [0.15, 0.2) is 10.2 Å². The van der Waals surface area contributed by atoms with E-state index >= 15 is 0 Å². The smallest absolute Gasteiger partial charge is 0.258 e. The zero-order valence-electron chi connectivity index (χ0n) is 13.8. The van der Waals surface area contributed by atoms with Crippen LogP contribution in [0.2, 0.25) is 10.0 Å². The molecule has 6 nitrogen and oxygen atoms in total. The average Bonchev–Trinajstić information content (AvgIpc) is 2.95. The molecule has 0 saturated carbocycles. The van der Waals surface area contributed by atoms with Gasteiger partial charge in [0, 0.05) is 17.6 Å². The number of rotatable bonds is 3. The lowest BCUT2D eigenvalue weighted by molar-refractivity contribution is -0.114. The van der Waals surface area contributed by atoms with Crippen molar-refractivity contribution in [1.82, 2.24) is 10.3 Å². The van der Waals surface area contributed by atoms with Gasteiger partial charge in [0.1, 0.15) is 0 Å². The molecule has 1 aromatic heterocycles. The van der Waals surface area contributed by atoms with E-state index < -0.39 is 5.91 Å². The first-order chi connectivity index (χ1) is 12.8. The van der Waals surface area contributed by atoms with Crippen LogP contribution in [0.1, 0.15) is 17.3 Å². The number of halogens is 2. The van der Waals surface area contributed by atoms with Crippen molar-refractivity contribution in [3.8, 4) is 0 Å². The number of fused-ring (bicyclic) bond motifs is 1. The fourth-order valence-electron chi connectivity index (χ4n) is 2.23. The maximum atomic E-state index is 12.3. The molecule has 0 aliphatic carbocycles. The Morgan fingerprint density at radius 1 is 1.11 bits per heavy atom. The second-order valence-corrected chi connectivity index (χ2v) is 7.70. The lowest BCUT2D eigenvalue weighted by Crippen LogP contribution is -2.34. The summed E-state index contributed by atoms with van der Waals surface area (Å²) in [4.78, 5) is 27.8. The van der Waals surface area contributed by atoms with E-state index in [1.54, 1.807) is 18.2 Å². The van der Waals surface area contributed by atoms with E-state index in [0.717, 1.165) is 10.2 Å². The van der Waals surface area contributed by atoms with Crippen LogP contribution < -0.4 is 16.0 Å². The lowest BCUT2D eigenvalue weighted by atomic mass is 10.2. The third kappa shape index (κ3) is 4.92. The highest BCUT2D eigenvalue weighted by Gasteiger charge is 2.13. The molecule has 3 aromatic rings. The number of amides is 2. The summed E-state index contributed by atoms with van der Waals surface area (Å²) in [6, 6.07) is 9.93. The first-order valence-electron chi connectivity index (χ1n) is 7.57. The van der Waals surface area contributed by atoms with Crippen LogP contribution in [-0.2, 0) is 4.79 Å². The van der Waals surface area contributed by atoms with Gasteiger partial charge in [-0.2, -0.15) is 0 Å². The van der Waals surface area contributed by atoms with Gasteiger partial charge in [-0.15, -0.1) is 0 Å². The van der Waals surface area contributed by atoms with Gasteiger partial charge >= 0.3 is 0 Å². The molecule has 0 aliphatic heterocycles. The molecule has 1 heterocycles. The highest BCUT2D eigenvalue weighted by molar-refractivity contribution is 7.80. The fraction of sp³-hybridized carbons (Fsp3) is 0.0588. The maximum absolute atomic E-state index is 12.3. The summed E-state index contributed by atoms with van der Waals surface area (Å²) in [5, 5.41) is 9.41. The van der Waals surface area contributed by atoms with E-state index in [4.69, 9.17) is 35.4 Å². The number of carbonyl (C=O) groups excluding carboxylic acids is 2. The molecule has 3 N–H and O–H groups in total. The quantitative estimate of drug-likeness (QED) is 0.516. The Morgan fingerprint density at radius 3 is 2.59 bits per heavy atom. The summed E-state index contributed by atoms with van der Waals surface area (Å²) in [6.45, 7) is 1.44. The molecular weight excluding hydrogens is 427 g/mol. The third-order valence-corrected chi connectivity index (χ3v) is 5.02. The number of aromatic nitrogens is 1. The van der Waals surface area contributed by atoms with Crippen molar-refractivity contribution in [2.24, 2.45) is 0 Å². The minimum atomic E-state index is -0.455. The SMILES string of the molecule is CC(=O)Nc1ccc2nc(NC(=S)NC(=O)c3ccc(Cl)cc3Cl)sc2c1. The zero-order chi connectivity index (χ0) is 19.6. The summed E-state index contributed by atoms with van der Waals surface area (Å²) < 4.78 is 0.860. The van der Waals surface area contributed by atoms with Crippen molar-refractivity contribution in [2.45, 2.75) is 6.92 Å². The number of thiocarbonyl (C=S) groups is 1. The number of hydrogen-bond acceptors (Lipinski definition) is 5. The summed E-state index contributed by atoms with van der Waals surface area (Å²) >= 11 is 18.4. The van der Waals surface area contributed by atoms with Crippen molar-refractivity contribution in [3.05, 3.63) is 52.0 Å². The number of anilines is 2. The Labute approximate surface area is 173 Å². The highest BCUT2D eigenvalue weighted by Crippen LogP contribution is 2.28. The molecule has 0 unspecified atom stereocenters. The van der Waals surface area contributed by atoms with Crippen molar-refractivity contribution in [2.75, 3.05) is 10.6 Å². The first kappa shape index (κ1) is 19.5. The summed E-state index contributed by atoms with van der Waals surface area (Å²) in [5.74, 6) is -0.606. The maximum Gasteiger partial charge on any atom is 0.258 e. The molecule has 0 spiro atoms. The number of hydrogen-bond donors (Lipinski definition) is 3. The molecule has 0 radical (unpaired) electrons.